The van der Waals surface area contributed by atoms with Gasteiger partial charge in [-0.1, -0.05) is 13.2 Å². The fourth-order valence-corrected chi connectivity index (χ4v) is 12.8. The van der Waals surface area contributed by atoms with Crippen LogP contribution in [0.5, 0.6) is 40.2 Å². The minimum absolute atomic E-state index is 0.178. The largest absolute Gasteiger partial charge is 0.494 e. The number of hydrogen-bond donors (Lipinski definition) is 0. The first-order valence-electron chi connectivity index (χ1n) is 37.1. The number of rotatable bonds is 38. The number of fused-ring (bicyclic) bond motifs is 7. The summed E-state index contributed by atoms with van der Waals surface area (Å²) in [6.45, 7) is 12.6. The van der Waals surface area contributed by atoms with E-state index in [1.54, 1.807) is 91.0 Å². The molecule has 2 fully saturated rings. The molecule has 0 amide bonds. The van der Waals surface area contributed by atoms with E-state index in [2.05, 4.69) is 13.2 Å². The summed E-state index contributed by atoms with van der Waals surface area (Å²) in [5.41, 5.74) is 2.81. The highest BCUT2D eigenvalue weighted by molar-refractivity contribution is 6.24. The first-order chi connectivity index (χ1) is 53.2. The third-order valence-electron chi connectivity index (χ3n) is 18.7. The maximum absolute atomic E-state index is 13.9. The van der Waals surface area contributed by atoms with Gasteiger partial charge in [-0.3, -0.25) is 9.59 Å². The lowest BCUT2D eigenvalue weighted by molar-refractivity contribution is -0.141. The monoisotopic (exact) mass is 1480 g/mol. The number of aromatic nitrogens is 2. The van der Waals surface area contributed by atoms with Crippen molar-refractivity contribution in [3.8, 4) is 40.2 Å². The molecule has 9 aromatic rings. The normalized spacial score (nSPS) is 15.4. The molecule has 0 N–H and O–H groups in total. The van der Waals surface area contributed by atoms with Crippen LogP contribution < -0.4 is 33.2 Å². The SMILES string of the molecule is C=CC(=O)OCCCCCCOc1ccc(OC(=O)C2CCC(OC(=O)c3ccc(C(=O)Oc4ccc5c6ccc(OC(=O)c7ccc(C(=O)OC8CCC(C(=O)Oc9ccc(OCCCCCCOC(=O)C=C)cc9)CC8)cc7)cc6c6nc7cc(OCCOCCOCC)ccc7nc6c5c4)cc3)CC2)cc1. The molecular weight excluding hydrogens is 1400 g/mol. The molecule has 1 heterocycles. The first kappa shape index (κ1) is 78.5. The van der Waals surface area contributed by atoms with Gasteiger partial charge in [-0.2, -0.15) is 0 Å². The van der Waals surface area contributed by atoms with E-state index in [0.717, 1.165) is 74.3 Å². The minimum Gasteiger partial charge on any atom is -0.494 e. The van der Waals surface area contributed by atoms with Crippen LogP contribution in [0.4, 0.5) is 0 Å². The third-order valence-corrected chi connectivity index (χ3v) is 18.7. The molecular formula is C86H88N2O21. The van der Waals surface area contributed by atoms with E-state index in [9.17, 15) is 38.4 Å². The number of nitrogens with zero attached hydrogens (tertiary/aromatic N) is 2. The van der Waals surface area contributed by atoms with Crippen molar-refractivity contribution in [2.24, 2.45) is 11.8 Å². The van der Waals surface area contributed by atoms with Crippen molar-refractivity contribution in [2.45, 2.75) is 122 Å². The van der Waals surface area contributed by atoms with E-state index in [1.807, 2.05) is 19.1 Å². The average molecular weight is 1490 g/mol. The molecule has 2 aliphatic carbocycles. The van der Waals surface area contributed by atoms with Crippen LogP contribution >= 0.6 is 0 Å². The highest BCUT2D eigenvalue weighted by atomic mass is 16.6. The summed E-state index contributed by atoms with van der Waals surface area (Å²) in [4.78, 5) is 113. The Kier molecular flexibility index (Phi) is 28.7. The molecule has 23 nitrogen and oxygen atoms in total. The van der Waals surface area contributed by atoms with Gasteiger partial charge < -0.3 is 61.6 Å². The van der Waals surface area contributed by atoms with Crippen LogP contribution in [0, 0.1) is 11.8 Å². The van der Waals surface area contributed by atoms with Gasteiger partial charge in [-0.25, -0.2) is 38.7 Å². The standard InChI is InChI=1S/C86H88N2O21/c1-4-77(89)102-47-13-9-7-11-45-99-62-31-35-66(36-32-62)106-83(93)60-23-27-64(28-24-60)104-81(91)56-15-19-58(20-16-56)85(95)108-69-39-42-71-72-43-40-70(54-74(72)80-79(73(71)53-69)87-75-44-41-68(55-76(75)88-80)101-52-51-98-50-49-97-6-3)109-86(96)59-21-17-57(18-22-59)82(92)105-65-29-25-61(26-30-65)84(94)107-67-37-33-63(34-38-67)100-46-12-8-10-14-48-103-78(90)5-2/h4-5,15-22,31-44,53-55,60-61,64-65H,1-2,6-14,23-30,45-52H2,3H3. The van der Waals surface area contributed by atoms with Crippen molar-refractivity contribution < 1.29 is 99.9 Å². The molecule has 0 aliphatic heterocycles. The Hall–Kier alpha value is -11.6. The maximum atomic E-state index is 13.9. The van der Waals surface area contributed by atoms with Crippen LogP contribution in [0.2, 0.25) is 0 Å². The maximum Gasteiger partial charge on any atom is 0.343 e. The first-order valence-corrected chi connectivity index (χ1v) is 37.1. The molecule has 2 aliphatic rings. The van der Waals surface area contributed by atoms with E-state index < -0.39 is 48.0 Å². The number of unbranched alkanes of at least 4 members (excludes halogenated alkanes) is 6. The van der Waals surface area contributed by atoms with Gasteiger partial charge in [-0.05, 0) is 266 Å². The Morgan fingerprint density at radius 2 is 0.716 bits per heavy atom. The zero-order valence-corrected chi connectivity index (χ0v) is 61.0. The summed E-state index contributed by atoms with van der Waals surface area (Å²) < 4.78 is 73.8. The second-order valence-corrected chi connectivity index (χ2v) is 26.4. The molecule has 0 atom stereocenters. The van der Waals surface area contributed by atoms with Crippen molar-refractivity contribution in [1.82, 2.24) is 9.97 Å². The number of hydrogen-bond acceptors (Lipinski definition) is 23. The van der Waals surface area contributed by atoms with Gasteiger partial charge in [0.05, 0.1) is 102 Å². The minimum atomic E-state index is -0.684. The zero-order valence-electron chi connectivity index (χ0n) is 61.0. The number of ether oxygens (including phenoxy) is 13. The van der Waals surface area contributed by atoms with Crippen LogP contribution in [0.25, 0.3) is 43.6 Å². The number of carbonyl (C=O) groups is 8. The van der Waals surface area contributed by atoms with Gasteiger partial charge in [-0.15, -0.1) is 0 Å². The lowest BCUT2D eigenvalue weighted by Gasteiger charge is -2.27. The van der Waals surface area contributed by atoms with Crippen molar-refractivity contribution in [1.29, 1.82) is 0 Å². The summed E-state index contributed by atoms with van der Waals surface area (Å²) in [7, 11) is 0. The van der Waals surface area contributed by atoms with Gasteiger partial charge in [0.1, 0.15) is 59.1 Å². The predicted octanol–water partition coefficient (Wildman–Crippen LogP) is 15.9. The topological polar surface area (TPSA) is 282 Å². The van der Waals surface area contributed by atoms with Crippen LogP contribution in [-0.2, 0) is 47.6 Å². The van der Waals surface area contributed by atoms with Crippen LogP contribution in [-0.4, -0.2) is 129 Å². The highest BCUT2D eigenvalue weighted by Gasteiger charge is 2.32. The lowest BCUT2D eigenvalue weighted by Crippen LogP contribution is -2.30. The molecule has 11 rings (SSSR count). The second kappa shape index (κ2) is 39.9. The molecule has 109 heavy (non-hydrogen) atoms. The van der Waals surface area contributed by atoms with E-state index in [1.165, 1.54) is 48.5 Å². The van der Waals surface area contributed by atoms with Gasteiger partial charge >= 0.3 is 47.8 Å². The third kappa shape index (κ3) is 22.8. The highest BCUT2D eigenvalue weighted by Crippen LogP contribution is 2.39. The molecule has 0 bridgehead atoms. The average Bonchev–Trinajstić information content (AvgIpc) is 0.730. The molecule has 0 radical (unpaired) electrons. The number of esters is 8. The van der Waals surface area contributed by atoms with E-state index in [-0.39, 0.29) is 64.1 Å². The quantitative estimate of drug-likeness (QED) is 0.00661. The van der Waals surface area contributed by atoms with Gasteiger partial charge in [0.25, 0.3) is 0 Å². The molecule has 23 heteroatoms. The van der Waals surface area contributed by atoms with Gasteiger partial charge in [0, 0.05) is 35.6 Å². The summed E-state index contributed by atoms with van der Waals surface area (Å²) in [6.07, 6.45) is 12.1. The van der Waals surface area contributed by atoms with Gasteiger partial charge in [0.15, 0.2) is 0 Å². The fourth-order valence-electron chi connectivity index (χ4n) is 12.8. The summed E-state index contributed by atoms with van der Waals surface area (Å²) in [5.74, 6) is -1.68. The predicted molar refractivity (Wildman–Crippen MR) is 404 cm³/mol. The number of benzene rings is 8. The second-order valence-electron chi connectivity index (χ2n) is 26.4. The Morgan fingerprint density at radius 1 is 0.349 bits per heavy atom. The molecule has 0 spiro atoms. The molecule has 568 valence electrons. The molecule has 0 unspecified atom stereocenters. The van der Waals surface area contributed by atoms with E-state index in [0.29, 0.717) is 166 Å². The van der Waals surface area contributed by atoms with Crippen molar-refractivity contribution in [2.75, 3.05) is 59.5 Å². The fraction of sp³-hybridized carbons (Fsp3) is 0.349. The number of carbonyl (C=O) groups excluding carboxylic acids is 8. The van der Waals surface area contributed by atoms with Crippen LogP contribution in [0.15, 0.2) is 177 Å². The molecule has 1 aromatic heterocycles. The molecule has 8 aromatic carbocycles. The zero-order chi connectivity index (χ0) is 76.3. The summed E-state index contributed by atoms with van der Waals surface area (Å²) >= 11 is 0. The van der Waals surface area contributed by atoms with E-state index >= 15 is 0 Å². The van der Waals surface area contributed by atoms with E-state index in [4.69, 9.17) is 71.5 Å². The van der Waals surface area contributed by atoms with Crippen molar-refractivity contribution in [3.05, 3.63) is 199 Å². The van der Waals surface area contributed by atoms with Crippen molar-refractivity contribution >= 4 is 91.4 Å². The lowest BCUT2D eigenvalue weighted by atomic mass is 9.87. The smallest absolute Gasteiger partial charge is 0.343 e. The van der Waals surface area contributed by atoms with Crippen molar-refractivity contribution in [3.63, 3.8) is 0 Å². The Bertz CT molecular complexity index is 4660. The Balaban J connectivity index is 0.674. The molecule has 2 saturated carbocycles. The summed E-state index contributed by atoms with van der Waals surface area (Å²) in [6, 6.07) is 41.5. The summed E-state index contributed by atoms with van der Waals surface area (Å²) in [5, 5.41) is 2.67. The molecule has 0 saturated heterocycles. The Morgan fingerprint density at radius 3 is 1.15 bits per heavy atom. The van der Waals surface area contributed by atoms with Crippen LogP contribution in [0.1, 0.15) is 151 Å². The Labute approximate surface area is 631 Å². The van der Waals surface area contributed by atoms with Gasteiger partial charge in [0.2, 0.25) is 0 Å². The van der Waals surface area contributed by atoms with Crippen LogP contribution in [0.3, 0.4) is 0 Å².